The van der Waals surface area contributed by atoms with Crippen LogP contribution < -0.4 is 0 Å². The Hall–Kier alpha value is -1.23. The lowest BCUT2D eigenvalue weighted by Gasteiger charge is -2.34. The van der Waals surface area contributed by atoms with Gasteiger partial charge in [0.15, 0.2) is 0 Å². The molecule has 0 aromatic heterocycles. The van der Waals surface area contributed by atoms with E-state index in [1.807, 2.05) is 13.8 Å². The maximum atomic E-state index is 12.3. The monoisotopic (exact) mass is 285 g/mol. The van der Waals surface area contributed by atoms with Gasteiger partial charge in [0.2, 0.25) is 0 Å². The molecular weight excluding hydrogens is 269 g/mol. The van der Waals surface area contributed by atoms with E-state index in [0.717, 1.165) is 0 Å². The normalized spacial score (nSPS) is 20.9. The van der Waals surface area contributed by atoms with E-state index in [-0.39, 0.29) is 17.3 Å². The number of nitro groups is 1. The van der Waals surface area contributed by atoms with Crippen LogP contribution >= 0.6 is 7.60 Å². The van der Waals surface area contributed by atoms with Crippen LogP contribution in [0.4, 0.5) is 5.69 Å². The van der Waals surface area contributed by atoms with Gasteiger partial charge in [-0.15, -0.1) is 0 Å². The van der Waals surface area contributed by atoms with Crippen molar-refractivity contribution in [2.45, 2.75) is 20.0 Å². The SMILES string of the molecule is CC1(C)COP(=O)(Cc2ccc([N+](=O)[O-])cc2)OC1. The molecule has 1 aliphatic heterocycles. The number of hydrogen-bond acceptors (Lipinski definition) is 5. The molecule has 0 aliphatic carbocycles. The molecule has 1 saturated heterocycles. The number of hydrogen-bond donors (Lipinski definition) is 0. The van der Waals surface area contributed by atoms with E-state index in [9.17, 15) is 14.7 Å². The zero-order valence-electron chi connectivity index (χ0n) is 10.9. The first kappa shape index (κ1) is 14.2. The molecular formula is C12H16NO5P. The summed E-state index contributed by atoms with van der Waals surface area (Å²) in [5.41, 5.74) is 0.575. The van der Waals surface area contributed by atoms with Crippen molar-refractivity contribution in [2.75, 3.05) is 13.2 Å². The molecule has 104 valence electrons. The van der Waals surface area contributed by atoms with Gasteiger partial charge in [-0.05, 0) is 5.56 Å². The molecule has 0 spiro atoms. The second kappa shape index (κ2) is 5.04. The van der Waals surface area contributed by atoms with Gasteiger partial charge in [-0.25, -0.2) is 0 Å². The van der Waals surface area contributed by atoms with E-state index in [1.54, 1.807) is 12.1 Å². The summed E-state index contributed by atoms with van der Waals surface area (Å²) < 4.78 is 23.1. The summed E-state index contributed by atoms with van der Waals surface area (Å²) in [5, 5.41) is 10.5. The second-order valence-corrected chi connectivity index (χ2v) is 7.46. The van der Waals surface area contributed by atoms with Crippen LogP contribution in [-0.2, 0) is 19.8 Å². The molecule has 0 saturated carbocycles. The van der Waals surface area contributed by atoms with Crippen LogP contribution in [0.2, 0.25) is 0 Å². The molecule has 1 aromatic rings. The Morgan fingerprint density at radius 3 is 2.26 bits per heavy atom. The number of rotatable bonds is 3. The van der Waals surface area contributed by atoms with E-state index >= 15 is 0 Å². The fourth-order valence-corrected chi connectivity index (χ4v) is 3.67. The highest BCUT2D eigenvalue weighted by Gasteiger charge is 2.36. The predicted molar refractivity (Wildman–Crippen MR) is 70.1 cm³/mol. The average molecular weight is 285 g/mol. The largest absolute Gasteiger partial charge is 0.335 e. The molecule has 1 aromatic carbocycles. The summed E-state index contributed by atoms with van der Waals surface area (Å²) in [5.74, 6) is 0. The first-order chi connectivity index (χ1) is 8.80. The fraction of sp³-hybridized carbons (Fsp3) is 0.500. The minimum atomic E-state index is -3.12. The Morgan fingerprint density at radius 1 is 1.26 bits per heavy atom. The van der Waals surface area contributed by atoms with Gasteiger partial charge in [0.05, 0.1) is 24.3 Å². The van der Waals surface area contributed by atoms with Crippen LogP contribution in [0.25, 0.3) is 0 Å². The quantitative estimate of drug-likeness (QED) is 0.483. The number of benzene rings is 1. The first-order valence-electron chi connectivity index (χ1n) is 5.91. The van der Waals surface area contributed by atoms with Gasteiger partial charge >= 0.3 is 7.60 Å². The van der Waals surface area contributed by atoms with Crippen molar-refractivity contribution in [3.63, 3.8) is 0 Å². The topological polar surface area (TPSA) is 78.7 Å². The number of non-ortho nitro benzene ring substituents is 1. The van der Waals surface area contributed by atoms with Crippen LogP contribution in [0.15, 0.2) is 24.3 Å². The van der Waals surface area contributed by atoms with Crippen molar-refractivity contribution in [1.82, 2.24) is 0 Å². The Labute approximate surface area is 111 Å². The second-order valence-electron chi connectivity index (χ2n) is 5.40. The van der Waals surface area contributed by atoms with Crippen molar-refractivity contribution in [3.8, 4) is 0 Å². The van der Waals surface area contributed by atoms with Gasteiger partial charge in [0.1, 0.15) is 0 Å². The fourth-order valence-electron chi connectivity index (χ4n) is 1.66. The molecule has 1 heterocycles. The molecule has 6 nitrogen and oxygen atoms in total. The third-order valence-corrected chi connectivity index (χ3v) is 4.62. The van der Waals surface area contributed by atoms with Gasteiger partial charge < -0.3 is 9.05 Å². The summed E-state index contributed by atoms with van der Waals surface area (Å²) in [7, 11) is -3.12. The smallest absolute Gasteiger partial charge is 0.308 e. The maximum Gasteiger partial charge on any atom is 0.335 e. The van der Waals surface area contributed by atoms with Gasteiger partial charge in [0.25, 0.3) is 5.69 Å². The summed E-state index contributed by atoms with van der Waals surface area (Å²) in [6, 6.07) is 5.92. The third kappa shape index (κ3) is 3.62. The third-order valence-electron chi connectivity index (χ3n) is 2.83. The zero-order valence-corrected chi connectivity index (χ0v) is 11.8. The summed E-state index contributed by atoms with van der Waals surface area (Å²) in [6.07, 6.45) is 0.140. The molecule has 0 unspecified atom stereocenters. The number of nitrogens with zero attached hydrogens (tertiary/aromatic N) is 1. The van der Waals surface area contributed by atoms with E-state index in [4.69, 9.17) is 9.05 Å². The summed E-state index contributed by atoms with van der Waals surface area (Å²) in [4.78, 5) is 10.1. The van der Waals surface area contributed by atoms with E-state index in [0.29, 0.717) is 18.8 Å². The zero-order chi connectivity index (χ0) is 14.1. The van der Waals surface area contributed by atoms with Crippen LogP contribution in [0.1, 0.15) is 19.4 Å². The van der Waals surface area contributed by atoms with Gasteiger partial charge in [-0.3, -0.25) is 14.7 Å². The maximum absolute atomic E-state index is 12.3. The minimum absolute atomic E-state index is 0.00801. The highest BCUT2D eigenvalue weighted by molar-refractivity contribution is 7.53. The average Bonchev–Trinajstić information content (AvgIpc) is 2.34. The Kier molecular flexibility index (Phi) is 3.76. The van der Waals surface area contributed by atoms with Crippen LogP contribution in [0.5, 0.6) is 0 Å². The number of nitro benzene ring substituents is 1. The molecule has 0 atom stereocenters. The highest BCUT2D eigenvalue weighted by atomic mass is 31.2. The molecule has 1 fully saturated rings. The lowest BCUT2D eigenvalue weighted by atomic mass is 9.97. The van der Waals surface area contributed by atoms with Crippen LogP contribution in [0.3, 0.4) is 0 Å². The highest BCUT2D eigenvalue weighted by Crippen LogP contribution is 2.56. The molecule has 0 amide bonds. The Morgan fingerprint density at radius 2 is 1.79 bits per heavy atom. The van der Waals surface area contributed by atoms with E-state index in [1.165, 1.54) is 12.1 Å². The van der Waals surface area contributed by atoms with Crippen molar-refractivity contribution in [2.24, 2.45) is 5.41 Å². The van der Waals surface area contributed by atoms with Gasteiger partial charge in [-0.1, -0.05) is 26.0 Å². The molecule has 2 rings (SSSR count). The van der Waals surface area contributed by atoms with Crippen molar-refractivity contribution < 1.29 is 18.5 Å². The molecule has 19 heavy (non-hydrogen) atoms. The van der Waals surface area contributed by atoms with E-state index in [2.05, 4.69) is 0 Å². The molecule has 0 N–H and O–H groups in total. The predicted octanol–water partition coefficient (Wildman–Crippen LogP) is 3.36. The summed E-state index contributed by atoms with van der Waals surface area (Å²) >= 11 is 0. The first-order valence-corrected chi connectivity index (χ1v) is 7.64. The Balaban J connectivity index is 2.05. The minimum Gasteiger partial charge on any atom is -0.308 e. The standard InChI is InChI=1S/C12H16NO5P/c1-12(2)8-17-19(16,18-9-12)7-10-3-5-11(6-4-10)13(14)15/h3-6H,7-9H2,1-2H3. The molecule has 1 aliphatic rings. The summed E-state index contributed by atoms with van der Waals surface area (Å²) in [6.45, 7) is 4.72. The Bertz CT molecular complexity index is 511. The van der Waals surface area contributed by atoms with E-state index < -0.39 is 12.5 Å². The van der Waals surface area contributed by atoms with Crippen LogP contribution in [-0.4, -0.2) is 18.1 Å². The van der Waals surface area contributed by atoms with Crippen LogP contribution in [0, 0.1) is 15.5 Å². The lowest BCUT2D eigenvalue weighted by Crippen LogP contribution is -2.29. The van der Waals surface area contributed by atoms with Gasteiger partial charge in [0, 0.05) is 17.5 Å². The lowest BCUT2D eigenvalue weighted by molar-refractivity contribution is -0.384. The van der Waals surface area contributed by atoms with Crippen molar-refractivity contribution >= 4 is 13.3 Å². The molecule has 0 radical (unpaired) electrons. The molecule has 0 bridgehead atoms. The van der Waals surface area contributed by atoms with Crippen molar-refractivity contribution in [1.29, 1.82) is 0 Å². The molecule has 7 heteroatoms. The van der Waals surface area contributed by atoms with Gasteiger partial charge in [-0.2, -0.15) is 0 Å². The van der Waals surface area contributed by atoms with Crippen molar-refractivity contribution in [3.05, 3.63) is 39.9 Å².